The van der Waals surface area contributed by atoms with Gasteiger partial charge in [0.15, 0.2) is 5.65 Å². The molecular formula is C28H31F5N6O3. The first kappa shape index (κ1) is 29.6. The summed E-state index contributed by atoms with van der Waals surface area (Å²) in [5.41, 5.74) is 7.51. The van der Waals surface area contributed by atoms with Crippen molar-refractivity contribution in [2.45, 2.75) is 75.4 Å². The highest BCUT2D eigenvalue weighted by Gasteiger charge is 2.41. The minimum absolute atomic E-state index is 0.0665. The van der Waals surface area contributed by atoms with E-state index in [0.29, 0.717) is 28.3 Å². The number of aromatic nitrogens is 4. The first-order chi connectivity index (χ1) is 19.8. The number of primary amides is 1. The zero-order valence-corrected chi connectivity index (χ0v) is 22.8. The molecule has 0 radical (unpaired) electrons. The van der Waals surface area contributed by atoms with E-state index in [0.717, 1.165) is 12.8 Å². The maximum atomic E-state index is 14.1. The van der Waals surface area contributed by atoms with Crippen LogP contribution in [0.4, 0.5) is 22.0 Å². The third-order valence-corrected chi connectivity index (χ3v) is 8.01. The molecule has 2 amide bonds. The van der Waals surface area contributed by atoms with Crippen LogP contribution < -0.4 is 15.8 Å². The summed E-state index contributed by atoms with van der Waals surface area (Å²) >= 11 is 0. The van der Waals surface area contributed by atoms with E-state index in [4.69, 9.17) is 15.5 Å². The number of ether oxygens (including phenoxy) is 1. The van der Waals surface area contributed by atoms with Crippen molar-refractivity contribution in [1.29, 1.82) is 0 Å². The molecule has 2 atom stereocenters. The molecule has 2 aliphatic carbocycles. The van der Waals surface area contributed by atoms with E-state index < -0.39 is 48.7 Å². The van der Waals surface area contributed by atoms with E-state index in [9.17, 15) is 31.5 Å². The molecule has 3 aromatic rings. The normalized spacial score (nSPS) is 18.9. The van der Waals surface area contributed by atoms with Crippen molar-refractivity contribution in [3.63, 3.8) is 0 Å². The first-order valence-corrected chi connectivity index (χ1v) is 13.8. The van der Waals surface area contributed by atoms with Crippen molar-refractivity contribution in [3.05, 3.63) is 53.2 Å². The molecule has 3 aromatic heterocycles. The molecule has 3 N–H and O–H groups in total. The molecule has 2 aliphatic rings. The zero-order valence-electron chi connectivity index (χ0n) is 22.8. The molecule has 14 heteroatoms. The Morgan fingerprint density at radius 2 is 1.86 bits per heavy atom. The molecule has 0 bridgehead atoms. The molecular weight excluding hydrogens is 563 g/mol. The Kier molecular flexibility index (Phi) is 8.08. The lowest BCUT2D eigenvalue weighted by Gasteiger charge is -2.33. The number of methoxy groups -OCH3 is 1. The number of nitrogens with two attached hydrogens (primary N) is 1. The summed E-state index contributed by atoms with van der Waals surface area (Å²) in [5.74, 6) is -4.82. The number of nitrogens with zero attached hydrogens (tertiary/aromatic N) is 4. The molecule has 5 rings (SSSR count). The lowest BCUT2D eigenvalue weighted by molar-refractivity contribution is -0.144. The van der Waals surface area contributed by atoms with Gasteiger partial charge in [-0.05, 0) is 55.2 Å². The predicted molar refractivity (Wildman–Crippen MR) is 140 cm³/mol. The smallest absolute Gasteiger partial charge is 0.389 e. The molecule has 3 heterocycles. The van der Waals surface area contributed by atoms with Gasteiger partial charge in [-0.1, -0.05) is 0 Å². The summed E-state index contributed by atoms with van der Waals surface area (Å²) < 4.78 is 72.7. The van der Waals surface area contributed by atoms with Gasteiger partial charge in [-0.2, -0.15) is 18.3 Å². The average molecular weight is 595 g/mol. The second-order valence-electron chi connectivity index (χ2n) is 11.1. The Morgan fingerprint density at radius 3 is 2.48 bits per heavy atom. The summed E-state index contributed by atoms with van der Waals surface area (Å²) in [6.45, 7) is 0. The van der Waals surface area contributed by atoms with Gasteiger partial charge < -0.3 is 15.8 Å². The van der Waals surface area contributed by atoms with E-state index in [2.05, 4.69) is 15.4 Å². The molecule has 0 spiro atoms. The number of imidazole rings is 1. The van der Waals surface area contributed by atoms with Crippen LogP contribution in [0.3, 0.4) is 0 Å². The van der Waals surface area contributed by atoms with Crippen LogP contribution in [0.1, 0.15) is 90.6 Å². The maximum absolute atomic E-state index is 14.1. The second kappa shape index (κ2) is 11.4. The number of alkyl halides is 5. The van der Waals surface area contributed by atoms with Gasteiger partial charge >= 0.3 is 6.18 Å². The molecule has 0 unspecified atom stereocenters. The van der Waals surface area contributed by atoms with Gasteiger partial charge in [0.25, 0.3) is 5.91 Å². The number of pyridine rings is 1. The predicted octanol–water partition coefficient (Wildman–Crippen LogP) is 5.10. The standard InChI is InChI=1S/C28H31F5N6O3/c1-42-18-11-19(26(34)41)25(35-13-18)23(15-4-7-27(29,30)8-5-15)20-14-39-21(37-20)10-17(12-36-39)24(16-2-3-16)38-22(40)6-9-28(31,32)33/h10-16,23-24H,2-9H2,1H3,(H2,34,41)(H,38,40)/t23-,24-/m1/s1. The summed E-state index contributed by atoms with van der Waals surface area (Å²) in [5, 5.41) is 7.14. The number of halogens is 5. The number of amides is 2. The van der Waals surface area contributed by atoms with Gasteiger partial charge in [-0.3, -0.25) is 14.6 Å². The highest BCUT2D eigenvalue weighted by molar-refractivity contribution is 5.94. The number of fused-ring (bicyclic) bond motifs is 1. The van der Waals surface area contributed by atoms with E-state index >= 15 is 0 Å². The Hall–Kier alpha value is -3.84. The van der Waals surface area contributed by atoms with E-state index in [-0.39, 0.29) is 43.1 Å². The number of carbonyl (C=O) groups is 2. The largest absolute Gasteiger partial charge is 0.495 e. The van der Waals surface area contributed by atoms with Crippen molar-refractivity contribution in [1.82, 2.24) is 24.9 Å². The Bertz CT molecular complexity index is 1460. The van der Waals surface area contributed by atoms with Crippen LogP contribution in [0.15, 0.2) is 30.7 Å². The molecule has 0 saturated heterocycles. The fourth-order valence-electron chi connectivity index (χ4n) is 5.65. The second-order valence-corrected chi connectivity index (χ2v) is 11.1. The number of nitrogens with one attached hydrogen (secondary N) is 1. The number of hydrogen-bond acceptors (Lipinski definition) is 6. The van der Waals surface area contributed by atoms with Crippen LogP contribution in [-0.2, 0) is 4.79 Å². The van der Waals surface area contributed by atoms with E-state index in [1.165, 1.54) is 30.1 Å². The fraction of sp³-hybridized carbons (Fsp3) is 0.536. The fourth-order valence-corrected chi connectivity index (χ4v) is 5.65. The Labute approximate surface area is 238 Å². The lowest BCUT2D eigenvalue weighted by atomic mass is 9.75. The Balaban J connectivity index is 1.49. The monoisotopic (exact) mass is 594 g/mol. The van der Waals surface area contributed by atoms with Crippen molar-refractivity contribution in [3.8, 4) is 5.75 Å². The van der Waals surface area contributed by atoms with Gasteiger partial charge in [-0.25, -0.2) is 18.3 Å². The highest BCUT2D eigenvalue weighted by Crippen LogP contribution is 2.46. The van der Waals surface area contributed by atoms with Crippen LogP contribution in [0.2, 0.25) is 0 Å². The zero-order chi connectivity index (χ0) is 30.2. The number of carbonyl (C=O) groups excluding carboxylic acids is 2. The highest BCUT2D eigenvalue weighted by atomic mass is 19.4. The maximum Gasteiger partial charge on any atom is 0.389 e. The summed E-state index contributed by atoms with van der Waals surface area (Å²) in [6, 6.07) is 2.64. The third-order valence-electron chi connectivity index (χ3n) is 8.01. The van der Waals surface area contributed by atoms with E-state index in [1.807, 2.05) is 0 Å². The van der Waals surface area contributed by atoms with Crippen LogP contribution in [0, 0.1) is 11.8 Å². The Morgan fingerprint density at radius 1 is 1.14 bits per heavy atom. The van der Waals surface area contributed by atoms with Gasteiger partial charge in [0.05, 0.1) is 55.1 Å². The molecule has 226 valence electrons. The van der Waals surface area contributed by atoms with Gasteiger partial charge in [0.2, 0.25) is 11.8 Å². The minimum atomic E-state index is -4.43. The number of hydrogen-bond donors (Lipinski definition) is 2. The summed E-state index contributed by atoms with van der Waals surface area (Å²) in [7, 11) is 1.42. The molecule has 0 aromatic carbocycles. The van der Waals surface area contributed by atoms with Gasteiger partial charge in [-0.15, -0.1) is 0 Å². The van der Waals surface area contributed by atoms with Gasteiger partial charge in [0, 0.05) is 25.2 Å². The minimum Gasteiger partial charge on any atom is -0.495 e. The van der Waals surface area contributed by atoms with Crippen LogP contribution in [0.5, 0.6) is 5.75 Å². The van der Waals surface area contributed by atoms with Crippen molar-refractivity contribution in [2.75, 3.05) is 7.11 Å². The molecule has 42 heavy (non-hydrogen) atoms. The number of rotatable bonds is 10. The SMILES string of the molecule is COc1cnc([C@@H](c2cn3ncc([C@H](NC(=O)CCC(F)(F)F)C4CC4)cc3n2)C2CCC(F)(F)CC2)c(C(N)=O)c1. The quantitative estimate of drug-likeness (QED) is 0.315. The van der Waals surface area contributed by atoms with E-state index in [1.54, 1.807) is 12.3 Å². The van der Waals surface area contributed by atoms with Crippen LogP contribution in [-0.4, -0.2) is 50.6 Å². The molecule has 0 aliphatic heterocycles. The van der Waals surface area contributed by atoms with Crippen molar-refractivity contribution in [2.24, 2.45) is 17.6 Å². The molecule has 2 fully saturated rings. The first-order valence-electron chi connectivity index (χ1n) is 13.8. The third kappa shape index (κ3) is 6.79. The van der Waals surface area contributed by atoms with Crippen LogP contribution >= 0.6 is 0 Å². The van der Waals surface area contributed by atoms with Crippen molar-refractivity contribution >= 4 is 17.5 Å². The average Bonchev–Trinajstić information content (AvgIpc) is 3.69. The summed E-state index contributed by atoms with van der Waals surface area (Å²) in [6.07, 6.45) is -0.390. The van der Waals surface area contributed by atoms with Gasteiger partial charge in [0.1, 0.15) is 5.75 Å². The lowest BCUT2D eigenvalue weighted by Crippen LogP contribution is -2.30. The van der Waals surface area contributed by atoms with Crippen molar-refractivity contribution < 1.29 is 36.3 Å². The van der Waals surface area contributed by atoms with Crippen LogP contribution in [0.25, 0.3) is 5.65 Å². The topological polar surface area (TPSA) is 124 Å². The molecule has 9 nitrogen and oxygen atoms in total. The summed E-state index contributed by atoms with van der Waals surface area (Å²) in [4.78, 5) is 34.0. The molecule has 2 saturated carbocycles.